The standard InChI is InChI=1S/C51H32N4O/c1-4-15-33(16-5-1)36-27-29-46-43(31-36)38-21-10-12-25-44(38)55(46)45-30-28-37(32-42(45)34-17-6-2-7-18-34)50-52-49(35-19-8-3-9-20-35)53-51(54-50)41-24-14-23-40-39-22-11-13-26-47(39)56-48(40)41/h1-32H/i1D,4D,5D,10D,12D,15D,16D,21D,25D,27D,29D,31D. The van der Waals surface area contributed by atoms with Crippen molar-refractivity contribution in [2.45, 2.75) is 0 Å². The number of benzene rings is 8. The van der Waals surface area contributed by atoms with Crippen LogP contribution >= 0.6 is 0 Å². The van der Waals surface area contributed by atoms with Crippen molar-refractivity contribution in [3.8, 4) is 62.1 Å². The van der Waals surface area contributed by atoms with Crippen LogP contribution in [0.25, 0.3) is 106 Å². The summed E-state index contributed by atoms with van der Waals surface area (Å²) in [6, 6.07) is 30.2. The molecule has 11 aromatic rings. The van der Waals surface area contributed by atoms with Gasteiger partial charge < -0.3 is 8.98 Å². The van der Waals surface area contributed by atoms with Crippen LogP contribution in [-0.2, 0) is 0 Å². The van der Waals surface area contributed by atoms with Crippen LogP contribution in [0.2, 0.25) is 0 Å². The maximum absolute atomic E-state index is 9.65. The van der Waals surface area contributed by atoms with E-state index in [-0.39, 0.29) is 21.8 Å². The summed E-state index contributed by atoms with van der Waals surface area (Å²) < 4.78 is 115. The van der Waals surface area contributed by atoms with Crippen molar-refractivity contribution in [2.24, 2.45) is 0 Å². The lowest BCUT2D eigenvalue weighted by molar-refractivity contribution is 0.669. The van der Waals surface area contributed by atoms with Gasteiger partial charge in [-0.05, 0) is 65.1 Å². The van der Waals surface area contributed by atoms with Gasteiger partial charge in [0.25, 0.3) is 0 Å². The molecule has 0 saturated heterocycles. The third-order valence-electron chi connectivity index (χ3n) is 9.80. The second kappa shape index (κ2) is 13.0. The summed E-state index contributed by atoms with van der Waals surface area (Å²) in [6.07, 6.45) is 0. The first kappa shape index (κ1) is 21.9. The van der Waals surface area contributed by atoms with E-state index < -0.39 is 83.6 Å². The summed E-state index contributed by atoms with van der Waals surface area (Å²) >= 11 is 0. The van der Waals surface area contributed by atoms with Crippen LogP contribution in [0.1, 0.15) is 16.4 Å². The SMILES string of the molecule is [2H]c1c([2H])c([2H])c(-c2c([2H])c([2H])c3c(c2[2H])c2c([2H])c([2H])c([2H])c([2H])c2n3-c2ccc(-c3nc(-c4ccccc4)nc(-c4cccc5c4oc4ccccc45)n3)cc2-c2ccccc2)c([2H])c1[2H]. The molecule has 0 spiro atoms. The molecule has 11 rings (SSSR count). The predicted octanol–water partition coefficient (Wildman–Crippen LogP) is 13.2. The number of furan rings is 1. The molecule has 5 heteroatoms. The van der Waals surface area contributed by atoms with Crippen LogP contribution in [0, 0.1) is 0 Å². The molecular formula is C51H32N4O. The van der Waals surface area contributed by atoms with Gasteiger partial charge in [-0.25, -0.2) is 15.0 Å². The lowest BCUT2D eigenvalue weighted by Gasteiger charge is -2.16. The molecule has 0 amide bonds. The molecule has 3 heterocycles. The van der Waals surface area contributed by atoms with Gasteiger partial charge in [-0.15, -0.1) is 0 Å². The highest BCUT2D eigenvalue weighted by molar-refractivity contribution is 6.11. The maximum Gasteiger partial charge on any atom is 0.167 e. The van der Waals surface area contributed by atoms with Gasteiger partial charge in [-0.3, -0.25) is 0 Å². The molecule has 56 heavy (non-hydrogen) atoms. The van der Waals surface area contributed by atoms with E-state index in [1.807, 2.05) is 109 Å². The highest BCUT2D eigenvalue weighted by atomic mass is 16.3. The van der Waals surface area contributed by atoms with Crippen molar-refractivity contribution in [3.63, 3.8) is 0 Å². The largest absolute Gasteiger partial charge is 0.455 e. The molecule has 0 fully saturated rings. The number of fused-ring (bicyclic) bond motifs is 6. The molecule has 0 bridgehead atoms. The molecule has 3 aromatic heterocycles. The van der Waals surface area contributed by atoms with Gasteiger partial charge in [0.2, 0.25) is 0 Å². The van der Waals surface area contributed by atoms with Crippen LogP contribution < -0.4 is 0 Å². The predicted molar refractivity (Wildman–Crippen MR) is 229 cm³/mol. The van der Waals surface area contributed by atoms with Crippen molar-refractivity contribution in [1.29, 1.82) is 0 Å². The van der Waals surface area contributed by atoms with Crippen LogP contribution in [-0.4, -0.2) is 19.5 Å². The van der Waals surface area contributed by atoms with E-state index in [2.05, 4.69) is 0 Å². The number of rotatable bonds is 6. The van der Waals surface area contributed by atoms with E-state index in [4.69, 9.17) is 29.0 Å². The lowest BCUT2D eigenvalue weighted by atomic mass is 9.99. The fourth-order valence-electron chi connectivity index (χ4n) is 7.24. The number of nitrogens with zero attached hydrogens (tertiary/aromatic N) is 4. The molecular weight excluding hydrogens is 685 g/mol. The zero-order valence-electron chi connectivity index (χ0n) is 41.2. The Labute approximate surface area is 339 Å². The second-order valence-corrected chi connectivity index (χ2v) is 13.1. The number of aromatic nitrogens is 4. The Hall–Kier alpha value is -7.63. The Balaban J connectivity index is 1.22. The number of hydrogen-bond donors (Lipinski definition) is 0. The summed E-state index contributed by atoms with van der Waals surface area (Å²) in [4.78, 5) is 15.0. The minimum atomic E-state index is -0.698. The first-order chi connectivity index (χ1) is 32.8. The van der Waals surface area contributed by atoms with Gasteiger partial charge in [0.05, 0.1) is 38.7 Å². The molecule has 0 N–H and O–H groups in total. The highest BCUT2D eigenvalue weighted by Gasteiger charge is 2.21. The molecule has 8 aromatic carbocycles. The average molecular weight is 729 g/mol. The van der Waals surface area contributed by atoms with Crippen molar-refractivity contribution in [3.05, 3.63) is 194 Å². The van der Waals surface area contributed by atoms with Gasteiger partial charge >= 0.3 is 0 Å². The van der Waals surface area contributed by atoms with E-state index in [0.29, 0.717) is 56.6 Å². The van der Waals surface area contributed by atoms with E-state index in [0.717, 1.165) is 16.3 Å². The van der Waals surface area contributed by atoms with Crippen molar-refractivity contribution in [1.82, 2.24) is 19.5 Å². The average Bonchev–Trinajstić information content (AvgIpc) is 3.94. The van der Waals surface area contributed by atoms with Gasteiger partial charge in [-0.1, -0.05) is 145 Å². The first-order valence-corrected chi connectivity index (χ1v) is 17.8. The fourth-order valence-corrected chi connectivity index (χ4v) is 7.24. The normalized spacial score (nSPS) is 14.6. The monoisotopic (exact) mass is 728 g/mol. The second-order valence-electron chi connectivity index (χ2n) is 13.1. The molecule has 0 unspecified atom stereocenters. The smallest absolute Gasteiger partial charge is 0.167 e. The molecule has 0 aliphatic carbocycles. The summed E-state index contributed by atoms with van der Waals surface area (Å²) in [5.41, 5.74) is 3.57. The van der Waals surface area contributed by atoms with Crippen molar-refractivity contribution in [2.75, 3.05) is 0 Å². The number of para-hydroxylation sites is 3. The molecule has 0 aliphatic rings. The minimum Gasteiger partial charge on any atom is -0.455 e. The molecule has 0 saturated carbocycles. The van der Waals surface area contributed by atoms with Crippen molar-refractivity contribution >= 4 is 43.7 Å². The van der Waals surface area contributed by atoms with Crippen LogP contribution in [0.3, 0.4) is 0 Å². The zero-order chi connectivity index (χ0) is 47.4. The first-order valence-electron chi connectivity index (χ1n) is 23.8. The summed E-state index contributed by atoms with van der Waals surface area (Å²) in [6.45, 7) is 0. The van der Waals surface area contributed by atoms with Gasteiger partial charge in [0, 0.05) is 38.2 Å². The van der Waals surface area contributed by atoms with Crippen molar-refractivity contribution < 1.29 is 20.9 Å². The van der Waals surface area contributed by atoms with Crippen LogP contribution in [0.15, 0.2) is 198 Å². The third kappa shape index (κ3) is 5.29. The topological polar surface area (TPSA) is 56.7 Å². The van der Waals surface area contributed by atoms with E-state index in [9.17, 15) is 6.85 Å². The fraction of sp³-hybridized carbons (Fsp3) is 0. The Morgan fingerprint density at radius 3 is 1.95 bits per heavy atom. The maximum atomic E-state index is 9.65. The van der Waals surface area contributed by atoms with E-state index >= 15 is 0 Å². The Morgan fingerprint density at radius 1 is 0.429 bits per heavy atom. The zero-order valence-corrected chi connectivity index (χ0v) is 29.2. The molecule has 0 aliphatic heterocycles. The summed E-state index contributed by atoms with van der Waals surface area (Å²) in [5, 5.41) is 1.53. The van der Waals surface area contributed by atoms with E-state index in [1.165, 1.54) is 4.57 Å². The quantitative estimate of drug-likeness (QED) is 0.171. The molecule has 5 nitrogen and oxygen atoms in total. The van der Waals surface area contributed by atoms with E-state index in [1.54, 1.807) is 12.1 Å². The molecule has 262 valence electrons. The number of hydrogen-bond acceptors (Lipinski definition) is 4. The minimum absolute atomic E-state index is 0.0942. The van der Waals surface area contributed by atoms with Crippen LogP contribution in [0.4, 0.5) is 0 Å². The lowest BCUT2D eigenvalue weighted by Crippen LogP contribution is -2.02. The van der Waals surface area contributed by atoms with Gasteiger partial charge in [-0.2, -0.15) is 0 Å². The Kier molecular flexibility index (Phi) is 5.10. The van der Waals surface area contributed by atoms with Crippen LogP contribution in [0.5, 0.6) is 0 Å². The Morgan fingerprint density at radius 2 is 1.11 bits per heavy atom. The van der Waals surface area contributed by atoms with Gasteiger partial charge in [0.15, 0.2) is 17.5 Å². The Bertz CT molecular complexity index is 3920. The summed E-state index contributed by atoms with van der Waals surface area (Å²) in [7, 11) is 0. The third-order valence-corrected chi connectivity index (χ3v) is 9.80. The summed E-state index contributed by atoms with van der Waals surface area (Å²) in [5.74, 6) is 1.03. The molecule has 0 atom stereocenters. The van der Waals surface area contributed by atoms with Gasteiger partial charge in [0.1, 0.15) is 11.2 Å². The highest BCUT2D eigenvalue weighted by Crippen LogP contribution is 2.40. The molecule has 0 radical (unpaired) electrons.